The molecule has 0 saturated heterocycles. The van der Waals surface area contributed by atoms with Gasteiger partial charge in [0.1, 0.15) is 6.04 Å². The van der Waals surface area contributed by atoms with Crippen molar-refractivity contribution >= 4 is 18.3 Å². The molecule has 1 amide bonds. The van der Waals surface area contributed by atoms with E-state index >= 15 is 0 Å². The van der Waals surface area contributed by atoms with Gasteiger partial charge in [0.05, 0.1) is 0 Å². The molecule has 0 fully saturated rings. The maximum absolute atomic E-state index is 11.4. The summed E-state index contributed by atoms with van der Waals surface area (Å²) in [5.74, 6) is -0.287. The van der Waals surface area contributed by atoms with Gasteiger partial charge in [0.15, 0.2) is 0 Å². The van der Waals surface area contributed by atoms with E-state index in [0.29, 0.717) is 0 Å². The van der Waals surface area contributed by atoms with Crippen molar-refractivity contribution in [1.29, 1.82) is 0 Å². The average Bonchev–Trinajstić information content (AvgIpc) is 2.26. The van der Waals surface area contributed by atoms with Gasteiger partial charge in [0.25, 0.3) is 0 Å². The molecule has 0 aliphatic carbocycles. The number of hydrogen-bond donors (Lipinski definition) is 1. The van der Waals surface area contributed by atoms with Gasteiger partial charge in [-0.2, -0.15) is 0 Å². The van der Waals surface area contributed by atoms with Crippen LogP contribution in [0.25, 0.3) is 0 Å². The highest BCUT2D eigenvalue weighted by Crippen LogP contribution is 2.19. The monoisotopic (exact) mass is 242 g/mol. The first-order chi connectivity index (χ1) is 7.20. The minimum Gasteiger partial charge on any atom is -0.368 e. The Bertz CT molecular complexity index is 312. The number of amides is 1. The largest absolute Gasteiger partial charge is 0.368 e. The molecule has 0 saturated carbocycles. The minimum atomic E-state index is -0.304. The number of carbonyl (C=O) groups excluding carboxylic acids is 1. The first kappa shape index (κ1) is 14.9. The van der Waals surface area contributed by atoms with Crippen LogP contribution in [-0.2, 0) is 4.79 Å². The van der Waals surface area contributed by atoms with E-state index in [1.54, 1.807) is 0 Å². The van der Waals surface area contributed by atoms with E-state index in [0.717, 1.165) is 18.7 Å². The van der Waals surface area contributed by atoms with E-state index in [1.807, 2.05) is 44.2 Å². The molecule has 0 aromatic heterocycles. The van der Waals surface area contributed by atoms with Gasteiger partial charge in [-0.05, 0) is 18.7 Å². The topological polar surface area (TPSA) is 46.3 Å². The fourth-order valence-electron chi connectivity index (χ4n) is 1.78. The van der Waals surface area contributed by atoms with E-state index in [4.69, 9.17) is 5.73 Å². The van der Waals surface area contributed by atoms with Crippen molar-refractivity contribution in [3.8, 4) is 0 Å². The van der Waals surface area contributed by atoms with Gasteiger partial charge in [-0.3, -0.25) is 9.69 Å². The van der Waals surface area contributed by atoms with Gasteiger partial charge in [0, 0.05) is 0 Å². The second-order valence-corrected chi connectivity index (χ2v) is 3.44. The van der Waals surface area contributed by atoms with Crippen LogP contribution < -0.4 is 5.73 Å². The number of hydrogen-bond acceptors (Lipinski definition) is 2. The molecule has 0 heterocycles. The van der Waals surface area contributed by atoms with Gasteiger partial charge in [-0.25, -0.2) is 0 Å². The van der Waals surface area contributed by atoms with E-state index in [1.165, 1.54) is 0 Å². The Morgan fingerprint density at radius 3 is 2.12 bits per heavy atom. The van der Waals surface area contributed by atoms with Crippen molar-refractivity contribution in [3.63, 3.8) is 0 Å². The summed E-state index contributed by atoms with van der Waals surface area (Å²) in [5.41, 5.74) is 6.41. The summed E-state index contributed by atoms with van der Waals surface area (Å²) in [4.78, 5) is 13.5. The SMILES string of the molecule is CCN(CC)C(C(N)=O)c1ccccc1.Cl. The summed E-state index contributed by atoms with van der Waals surface area (Å²) >= 11 is 0. The molecule has 4 heteroatoms. The number of nitrogens with two attached hydrogens (primary N) is 1. The van der Waals surface area contributed by atoms with Crippen molar-refractivity contribution in [2.45, 2.75) is 19.9 Å². The number of nitrogens with zero attached hydrogens (tertiary/aromatic N) is 1. The quantitative estimate of drug-likeness (QED) is 0.858. The Kier molecular flexibility index (Phi) is 6.77. The maximum atomic E-state index is 11.4. The molecule has 2 N–H and O–H groups in total. The highest BCUT2D eigenvalue weighted by Gasteiger charge is 2.22. The number of likely N-dealkylation sites (N-methyl/N-ethyl adjacent to an activating group) is 1. The Morgan fingerprint density at radius 1 is 1.25 bits per heavy atom. The number of benzene rings is 1. The number of primary amides is 1. The molecule has 0 radical (unpaired) electrons. The molecule has 16 heavy (non-hydrogen) atoms. The summed E-state index contributed by atoms with van der Waals surface area (Å²) in [6.45, 7) is 5.70. The molecule has 3 nitrogen and oxygen atoms in total. The Labute approximate surface area is 103 Å². The lowest BCUT2D eigenvalue weighted by Gasteiger charge is -2.27. The lowest BCUT2D eigenvalue weighted by Crippen LogP contribution is -2.37. The fourth-order valence-corrected chi connectivity index (χ4v) is 1.78. The predicted octanol–water partition coefficient (Wildman–Crippen LogP) is 1.98. The lowest BCUT2D eigenvalue weighted by molar-refractivity contribution is -0.123. The normalized spacial score (nSPS) is 11.9. The molecular formula is C12H19ClN2O. The third-order valence-corrected chi connectivity index (χ3v) is 2.56. The first-order valence-electron chi connectivity index (χ1n) is 5.29. The van der Waals surface area contributed by atoms with Gasteiger partial charge < -0.3 is 5.73 Å². The molecule has 0 aliphatic heterocycles. The zero-order valence-corrected chi connectivity index (χ0v) is 10.5. The van der Waals surface area contributed by atoms with Crippen LogP contribution in [-0.4, -0.2) is 23.9 Å². The van der Waals surface area contributed by atoms with E-state index in [-0.39, 0.29) is 24.4 Å². The Hall–Kier alpha value is -1.06. The zero-order chi connectivity index (χ0) is 11.3. The van der Waals surface area contributed by atoms with Gasteiger partial charge in [-0.1, -0.05) is 44.2 Å². The molecule has 0 spiro atoms. The van der Waals surface area contributed by atoms with Crippen molar-refractivity contribution in [1.82, 2.24) is 4.90 Å². The second kappa shape index (κ2) is 7.25. The first-order valence-corrected chi connectivity index (χ1v) is 5.29. The molecule has 1 aromatic rings. The van der Waals surface area contributed by atoms with Gasteiger partial charge >= 0.3 is 0 Å². The molecule has 1 aromatic carbocycles. The van der Waals surface area contributed by atoms with Gasteiger partial charge in [-0.15, -0.1) is 12.4 Å². The van der Waals surface area contributed by atoms with Crippen LogP contribution in [0.2, 0.25) is 0 Å². The Morgan fingerprint density at radius 2 is 1.75 bits per heavy atom. The molecule has 90 valence electrons. The van der Waals surface area contributed by atoms with Crippen LogP contribution in [0.4, 0.5) is 0 Å². The van der Waals surface area contributed by atoms with Crippen LogP contribution in [0.3, 0.4) is 0 Å². The summed E-state index contributed by atoms with van der Waals surface area (Å²) in [5, 5.41) is 0. The summed E-state index contributed by atoms with van der Waals surface area (Å²) in [6.07, 6.45) is 0. The van der Waals surface area contributed by atoms with E-state index in [9.17, 15) is 4.79 Å². The van der Waals surface area contributed by atoms with Crippen molar-refractivity contribution in [2.24, 2.45) is 5.73 Å². The van der Waals surface area contributed by atoms with Crippen LogP contribution >= 0.6 is 12.4 Å². The van der Waals surface area contributed by atoms with Crippen LogP contribution in [0.1, 0.15) is 25.5 Å². The molecule has 1 unspecified atom stereocenters. The van der Waals surface area contributed by atoms with E-state index in [2.05, 4.69) is 4.90 Å². The molecular weight excluding hydrogens is 224 g/mol. The highest BCUT2D eigenvalue weighted by atomic mass is 35.5. The summed E-state index contributed by atoms with van der Waals surface area (Å²) in [7, 11) is 0. The minimum absolute atomic E-state index is 0. The standard InChI is InChI=1S/C12H18N2O.ClH/c1-3-14(4-2)11(12(13)15)10-8-6-5-7-9-10;/h5-9,11H,3-4H2,1-2H3,(H2,13,15);1H. The zero-order valence-electron chi connectivity index (χ0n) is 9.72. The summed E-state index contributed by atoms with van der Waals surface area (Å²) in [6, 6.07) is 9.36. The summed E-state index contributed by atoms with van der Waals surface area (Å²) < 4.78 is 0. The molecule has 1 atom stereocenters. The number of carbonyl (C=O) groups is 1. The third kappa shape index (κ3) is 3.51. The second-order valence-electron chi connectivity index (χ2n) is 3.44. The van der Waals surface area contributed by atoms with Crippen LogP contribution in [0.5, 0.6) is 0 Å². The fraction of sp³-hybridized carbons (Fsp3) is 0.417. The average molecular weight is 243 g/mol. The number of rotatable bonds is 5. The third-order valence-electron chi connectivity index (χ3n) is 2.56. The maximum Gasteiger partial charge on any atom is 0.239 e. The lowest BCUT2D eigenvalue weighted by atomic mass is 10.0. The van der Waals surface area contributed by atoms with Crippen LogP contribution in [0, 0.1) is 0 Å². The molecule has 1 rings (SSSR count). The van der Waals surface area contributed by atoms with Crippen LogP contribution in [0.15, 0.2) is 30.3 Å². The van der Waals surface area contributed by atoms with Crippen molar-refractivity contribution < 1.29 is 4.79 Å². The molecule has 0 aliphatic rings. The Balaban J connectivity index is 0.00000225. The van der Waals surface area contributed by atoms with Gasteiger partial charge in [0.2, 0.25) is 5.91 Å². The predicted molar refractivity (Wildman–Crippen MR) is 68.5 cm³/mol. The molecule has 0 bridgehead atoms. The number of halogens is 1. The highest BCUT2D eigenvalue weighted by molar-refractivity contribution is 5.85. The smallest absolute Gasteiger partial charge is 0.239 e. The van der Waals surface area contributed by atoms with Crippen molar-refractivity contribution in [3.05, 3.63) is 35.9 Å². The van der Waals surface area contributed by atoms with Crippen molar-refractivity contribution in [2.75, 3.05) is 13.1 Å². The van der Waals surface area contributed by atoms with E-state index < -0.39 is 0 Å².